The van der Waals surface area contributed by atoms with Gasteiger partial charge in [-0.25, -0.2) is 8.42 Å². The minimum atomic E-state index is -3.62. The zero-order valence-corrected chi connectivity index (χ0v) is 15.8. The highest BCUT2D eigenvalue weighted by Crippen LogP contribution is 2.24. The molecule has 0 radical (unpaired) electrons. The Morgan fingerprint density at radius 3 is 2.12 bits per heavy atom. The number of piperidine rings is 1. The van der Waals surface area contributed by atoms with E-state index in [1.54, 1.807) is 38.5 Å². The van der Waals surface area contributed by atoms with Crippen molar-refractivity contribution in [2.75, 3.05) is 36.9 Å². The van der Waals surface area contributed by atoms with Gasteiger partial charge in [-0.3, -0.25) is 4.72 Å². The number of ether oxygens (including phenoxy) is 2. The van der Waals surface area contributed by atoms with E-state index in [-0.39, 0.29) is 4.90 Å². The molecule has 0 atom stereocenters. The zero-order valence-electron chi connectivity index (χ0n) is 15.0. The van der Waals surface area contributed by atoms with Gasteiger partial charge in [-0.05, 0) is 61.4 Å². The van der Waals surface area contributed by atoms with Gasteiger partial charge in [0.1, 0.15) is 5.75 Å². The van der Waals surface area contributed by atoms with Crippen molar-refractivity contribution in [2.24, 2.45) is 0 Å². The molecule has 0 aliphatic carbocycles. The van der Waals surface area contributed by atoms with Gasteiger partial charge in [0.05, 0.1) is 18.1 Å². The van der Waals surface area contributed by atoms with Gasteiger partial charge in [0.15, 0.2) is 0 Å². The van der Waals surface area contributed by atoms with Crippen LogP contribution in [-0.4, -0.2) is 41.8 Å². The molecule has 0 bridgehead atoms. The van der Waals surface area contributed by atoms with Crippen molar-refractivity contribution in [1.29, 1.82) is 0 Å². The molecule has 1 aliphatic heterocycles. The van der Waals surface area contributed by atoms with Crippen LogP contribution in [0.2, 0.25) is 0 Å². The highest BCUT2D eigenvalue weighted by Gasteiger charge is 2.19. The first kappa shape index (κ1) is 18.5. The largest absolute Gasteiger partial charge is 0.497 e. The number of methoxy groups -OCH3 is 2. The SMILES string of the molecule is COc1ccc(S(=O)(=O)Nc2ccc(N3CCC(OC)CC3)cc2)cc1. The molecule has 1 heterocycles. The Kier molecular flexibility index (Phi) is 5.68. The van der Waals surface area contributed by atoms with Crippen LogP contribution in [0.25, 0.3) is 0 Å². The highest BCUT2D eigenvalue weighted by molar-refractivity contribution is 7.92. The molecule has 7 heteroatoms. The second-order valence-electron chi connectivity index (χ2n) is 6.25. The zero-order chi connectivity index (χ0) is 18.6. The number of nitrogens with one attached hydrogen (secondary N) is 1. The van der Waals surface area contributed by atoms with Gasteiger partial charge in [-0.15, -0.1) is 0 Å². The van der Waals surface area contributed by atoms with Gasteiger partial charge in [-0.1, -0.05) is 0 Å². The number of hydrogen-bond donors (Lipinski definition) is 1. The fraction of sp³-hybridized carbons (Fsp3) is 0.368. The summed E-state index contributed by atoms with van der Waals surface area (Å²) in [6.45, 7) is 1.88. The average molecular weight is 376 g/mol. The van der Waals surface area contributed by atoms with Crippen LogP contribution in [0.15, 0.2) is 53.4 Å². The third kappa shape index (κ3) is 4.28. The molecule has 0 aromatic heterocycles. The van der Waals surface area contributed by atoms with Gasteiger partial charge in [-0.2, -0.15) is 0 Å². The van der Waals surface area contributed by atoms with Gasteiger partial charge < -0.3 is 14.4 Å². The third-order valence-electron chi connectivity index (χ3n) is 4.63. The maximum atomic E-state index is 12.5. The van der Waals surface area contributed by atoms with Crippen LogP contribution in [0.4, 0.5) is 11.4 Å². The van der Waals surface area contributed by atoms with E-state index in [9.17, 15) is 8.42 Å². The van der Waals surface area contributed by atoms with E-state index in [4.69, 9.17) is 9.47 Å². The first-order valence-electron chi connectivity index (χ1n) is 8.56. The van der Waals surface area contributed by atoms with E-state index in [2.05, 4.69) is 9.62 Å². The van der Waals surface area contributed by atoms with Crippen molar-refractivity contribution in [3.05, 3.63) is 48.5 Å². The molecule has 0 saturated carbocycles. The van der Waals surface area contributed by atoms with Gasteiger partial charge in [0.2, 0.25) is 0 Å². The third-order valence-corrected chi connectivity index (χ3v) is 6.03. The second kappa shape index (κ2) is 7.97. The molecular formula is C19H24N2O4S. The lowest BCUT2D eigenvalue weighted by atomic mass is 10.1. The van der Waals surface area contributed by atoms with Crippen molar-refractivity contribution in [3.8, 4) is 5.75 Å². The topological polar surface area (TPSA) is 67.9 Å². The summed E-state index contributed by atoms with van der Waals surface area (Å²) in [5.74, 6) is 0.616. The average Bonchev–Trinajstić information content (AvgIpc) is 2.68. The Bertz CT molecular complexity index is 812. The standard InChI is InChI=1S/C19H24N2O4S/c1-24-17-7-9-19(10-8-17)26(22,23)20-15-3-5-16(6-4-15)21-13-11-18(25-2)12-14-21/h3-10,18,20H,11-14H2,1-2H3. The monoisotopic (exact) mass is 376 g/mol. The molecule has 1 saturated heterocycles. The molecule has 1 aliphatic rings. The van der Waals surface area contributed by atoms with Crippen LogP contribution in [-0.2, 0) is 14.8 Å². The molecule has 140 valence electrons. The van der Waals surface area contributed by atoms with Crippen molar-refractivity contribution >= 4 is 21.4 Å². The first-order chi connectivity index (χ1) is 12.5. The summed E-state index contributed by atoms with van der Waals surface area (Å²) < 4.78 is 38.0. The van der Waals surface area contributed by atoms with Crippen molar-refractivity contribution in [3.63, 3.8) is 0 Å². The lowest BCUT2D eigenvalue weighted by Gasteiger charge is -2.33. The fourth-order valence-corrected chi connectivity index (χ4v) is 4.12. The molecule has 3 rings (SSSR count). The molecule has 1 N–H and O–H groups in total. The number of anilines is 2. The smallest absolute Gasteiger partial charge is 0.261 e. The van der Waals surface area contributed by atoms with Crippen molar-refractivity contribution in [1.82, 2.24) is 0 Å². The second-order valence-corrected chi connectivity index (χ2v) is 7.93. The molecule has 26 heavy (non-hydrogen) atoms. The van der Waals surface area contributed by atoms with Crippen LogP contribution < -0.4 is 14.4 Å². The summed E-state index contributed by atoms with van der Waals surface area (Å²) in [4.78, 5) is 2.49. The molecule has 1 fully saturated rings. The minimum absolute atomic E-state index is 0.198. The lowest BCUT2D eigenvalue weighted by Crippen LogP contribution is -2.36. The fourth-order valence-electron chi connectivity index (χ4n) is 3.06. The molecule has 0 spiro atoms. The maximum absolute atomic E-state index is 12.5. The number of rotatable bonds is 6. The number of benzene rings is 2. The van der Waals surface area contributed by atoms with Crippen LogP contribution in [0, 0.1) is 0 Å². The van der Waals surface area contributed by atoms with E-state index in [1.165, 1.54) is 12.1 Å². The van der Waals surface area contributed by atoms with Crippen molar-refractivity contribution in [2.45, 2.75) is 23.8 Å². The van der Waals surface area contributed by atoms with Gasteiger partial charge in [0, 0.05) is 31.6 Å². The summed E-state index contributed by atoms with van der Waals surface area (Å²) in [5.41, 5.74) is 1.63. The van der Waals surface area contributed by atoms with E-state index < -0.39 is 10.0 Å². The molecular weight excluding hydrogens is 352 g/mol. The number of sulfonamides is 1. The number of hydrogen-bond acceptors (Lipinski definition) is 5. The quantitative estimate of drug-likeness (QED) is 0.839. The molecule has 2 aromatic rings. The van der Waals surface area contributed by atoms with Crippen LogP contribution in [0.5, 0.6) is 5.75 Å². The Labute approximate surface area is 154 Å². The van der Waals surface area contributed by atoms with E-state index >= 15 is 0 Å². The summed E-state index contributed by atoms with van der Waals surface area (Å²) in [6, 6.07) is 13.8. The first-order valence-corrected chi connectivity index (χ1v) is 10.0. The lowest BCUT2D eigenvalue weighted by molar-refractivity contribution is 0.0819. The van der Waals surface area contributed by atoms with E-state index in [1.807, 2.05) is 12.1 Å². The predicted molar refractivity (Wildman–Crippen MR) is 102 cm³/mol. The highest BCUT2D eigenvalue weighted by atomic mass is 32.2. The molecule has 6 nitrogen and oxygen atoms in total. The summed E-state index contributed by atoms with van der Waals surface area (Å²) >= 11 is 0. The van der Waals surface area contributed by atoms with Crippen molar-refractivity contribution < 1.29 is 17.9 Å². The Morgan fingerprint density at radius 2 is 1.58 bits per heavy atom. The van der Waals surface area contributed by atoms with Gasteiger partial charge in [0.25, 0.3) is 10.0 Å². The maximum Gasteiger partial charge on any atom is 0.261 e. The van der Waals surface area contributed by atoms with Gasteiger partial charge >= 0.3 is 0 Å². The Morgan fingerprint density at radius 1 is 0.962 bits per heavy atom. The van der Waals surface area contributed by atoms with E-state index in [0.29, 0.717) is 17.5 Å². The molecule has 0 amide bonds. The normalized spacial score (nSPS) is 15.7. The van der Waals surface area contributed by atoms with Crippen LogP contribution in [0.3, 0.4) is 0 Å². The van der Waals surface area contributed by atoms with E-state index in [0.717, 1.165) is 31.6 Å². The van der Waals surface area contributed by atoms with Crippen LogP contribution >= 0.6 is 0 Å². The Balaban J connectivity index is 1.66. The number of nitrogens with zero attached hydrogens (tertiary/aromatic N) is 1. The molecule has 0 unspecified atom stereocenters. The summed E-state index contributed by atoms with van der Waals surface area (Å²) in [7, 11) is -0.326. The van der Waals surface area contributed by atoms with Crippen LogP contribution in [0.1, 0.15) is 12.8 Å². The Hall–Kier alpha value is -2.25. The molecule has 2 aromatic carbocycles. The minimum Gasteiger partial charge on any atom is -0.497 e. The predicted octanol–water partition coefficient (Wildman–Crippen LogP) is 3.11. The summed E-state index contributed by atoms with van der Waals surface area (Å²) in [6.07, 6.45) is 2.34. The summed E-state index contributed by atoms with van der Waals surface area (Å²) in [5, 5.41) is 0.